The van der Waals surface area contributed by atoms with Crippen molar-refractivity contribution in [1.29, 1.82) is 0 Å². The Morgan fingerprint density at radius 2 is 1.10 bits per heavy atom. The van der Waals surface area contributed by atoms with Crippen molar-refractivity contribution in [1.82, 2.24) is 9.97 Å². The van der Waals surface area contributed by atoms with E-state index in [9.17, 15) is 4.79 Å². The van der Waals surface area contributed by atoms with Crippen LogP contribution in [0.5, 0.6) is 0 Å². The topological polar surface area (TPSA) is 61.0 Å². The highest BCUT2D eigenvalue weighted by Crippen LogP contribution is 2.46. The molecule has 2 atom stereocenters. The molecule has 52 heavy (non-hydrogen) atoms. The van der Waals surface area contributed by atoms with Crippen LogP contribution in [0.4, 0.5) is 0 Å². The number of hydrogen-bond donors (Lipinski definition) is 2. The number of hydrogen-bond acceptors (Lipinski definition) is 2. The van der Waals surface area contributed by atoms with E-state index in [1.165, 1.54) is 11.1 Å². The predicted molar refractivity (Wildman–Crippen MR) is 212 cm³/mol. The molecule has 0 amide bonds. The monoisotopic (exact) mass is 673 g/mol. The summed E-state index contributed by atoms with van der Waals surface area (Å²) in [6.07, 6.45) is 4.71. The van der Waals surface area contributed by atoms with E-state index in [1.54, 1.807) is 0 Å². The van der Waals surface area contributed by atoms with Gasteiger partial charge in [-0.1, -0.05) is 127 Å². The summed E-state index contributed by atoms with van der Waals surface area (Å²) < 4.78 is 0. The van der Waals surface area contributed by atoms with E-state index in [2.05, 4.69) is 170 Å². The Kier molecular flexibility index (Phi) is 7.81. The van der Waals surface area contributed by atoms with Gasteiger partial charge in [0, 0.05) is 56.7 Å². The highest BCUT2D eigenvalue weighted by atomic mass is 16.1. The van der Waals surface area contributed by atoms with Crippen LogP contribution in [0.25, 0.3) is 22.3 Å². The smallest absolute Gasteiger partial charge is 0.160 e. The Morgan fingerprint density at radius 3 is 1.75 bits per heavy atom. The van der Waals surface area contributed by atoms with Gasteiger partial charge >= 0.3 is 0 Å². The first-order chi connectivity index (χ1) is 25.4. The fraction of sp³-hybridized carbons (Fsp3) is 0.125. The van der Waals surface area contributed by atoms with E-state index >= 15 is 0 Å². The fourth-order valence-corrected chi connectivity index (χ4v) is 8.26. The van der Waals surface area contributed by atoms with Crippen molar-refractivity contribution in [2.24, 2.45) is 16.8 Å². The number of aromatic nitrogens is 2. The molecule has 0 spiro atoms. The molecule has 1 saturated carbocycles. The molecule has 6 aromatic rings. The lowest BCUT2D eigenvalue weighted by Crippen LogP contribution is -2.22. The van der Waals surface area contributed by atoms with Crippen molar-refractivity contribution in [3.8, 4) is 0 Å². The highest BCUT2D eigenvalue weighted by Gasteiger charge is 2.40. The van der Waals surface area contributed by atoms with E-state index in [4.69, 9.17) is 4.99 Å². The van der Waals surface area contributed by atoms with Crippen LogP contribution in [0.2, 0.25) is 0 Å². The molecule has 9 rings (SSSR count). The number of carbonyl (C=O) groups is 1. The van der Waals surface area contributed by atoms with Gasteiger partial charge in [0.1, 0.15) is 0 Å². The van der Waals surface area contributed by atoms with Crippen molar-refractivity contribution in [3.63, 3.8) is 0 Å². The van der Waals surface area contributed by atoms with Gasteiger partial charge in [-0.2, -0.15) is 0 Å². The summed E-state index contributed by atoms with van der Waals surface area (Å²) in [5.74, 6) is 0.120. The maximum Gasteiger partial charge on any atom is 0.160 e. The summed E-state index contributed by atoms with van der Waals surface area (Å²) in [5.41, 5.74) is 15.4. The van der Waals surface area contributed by atoms with Crippen LogP contribution >= 0.6 is 0 Å². The Hall–Kier alpha value is -6.26. The van der Waals surface area contributed by atoms with Gasteiger partial charge in [0.05, 0.1) is 11.4 Å². The van der Waals surface area contributed by atoms with Gasteiger partial charge in [0.15, 0.2) is 5.78 Å². The second-order valence-corrected chi connectivity index (χ2v) is 14.2. The van der Waals surface area contributed by atoms with E-state index < -0.39 is 0 Å². The number of nitrogens with zero attached hydrogens (tertiary/aromatic N) is 1. The number of aromatic amines is 2. The van der Waals surface area contributed by atoms with Crippen molar-refractivity contribution < 1.29 is 4.79 Å². The second-order valence-electron chi connectivity index (χ2n) is 14.2. The zero-order valence-corrected chi connectivity index (χ0v) is 29.6. The van der Waals surface area contributed by atoms with Gasteiger partial charge in [-0.25, -0.2) is 4.99 Å². The third-order valence-electron chi connectivity index (χ3n) is 10.9. The first-order valence-electron chi connectivity index (χ1n) is 18.1. The minimum absolute atomic E-state index is 0.0291. The van der Waals surface area contributed by atoms with Crippen LogP contribution in [-0.4, -0.2) is 21.5 Å². The molecule has 0 radical (unpaired) electrons. The first-order valence-corrected chi connectivity index (χ1v) is 18.1. The number of rotatable bonds is 4. The largest absolute Gasteiger partial charge is 0.355 e. The molecule has 8 bridgehead atoms. The zero-order valence-electron chi connectivity index (χ0n) is 29.6. The molecule has 4 heterocycles. The summed E-state index contributed by atoms with van der Waals surface area (Å²) in [5, 5.41) is 2.01. The van der Waals surface area contributed by atoms with Crippen LogP contribution in [-0.2, 0) is 4.79 Å². The molecule has 2 aromatic heterocycles. The predicted octanol–water partition coefficient (Wildman–Crippen LogP) is 8.87. The number of aryl methyl sites for hydroxylation is 2. The van der Waals surface area contributed by atoms with E-state index in [-0.39, 0.29) is 17.6 Å². The Bertz CT molecular complexity index is 2610. The number of fused-ring (bicyclic) bond motifs is 7. The number of carbonyl (C=O) groups excluding carboxylic acids is 1. The number of nitrogens with one attached hydrogen (secondary N) is 2. The molecule has 3 aliphatic rings. The molecule has 252 valence electrons. The quantitative estimate of drug-likeness (QED) is 0.193. The summed E-state index contributed by atoms with van der Waals surface area (Å²) >= 11 is 0. The minimum Gasteiger partial charge on any atom is -0.355 e. The number of allylic oxidation sites excluding steroid dienone is 3. The number of aliphatic imine (C=N–C) groups is 1. The fourth-order valence-electron chi connectivity index (χ4n) is 8.26. The van der Waals surface area contributed by atoms with Gasteiger partial charge in [-0.15, -0.1) is 0 Å². The number of ketones is 1. The van der Waals surface area contributed by atoms with Crippen molar-refractivity contribution in [2.75, 3.05) is 0 Å². The molecule has 2 aliphatic heterocycles. The SMILES string of the molecule is Cc1ccc(C2=c3ccc([nH]3)=C(c3ccccc3)C3CC(=O)/C(=C(\c4ccccc4)c4ccc([nH]4)/C(c4ccc(C)cc4)=C4/C=CC2=N4)C3C)cc1. The second kappa shape index (κ2) is 12.8. The summed E-state index contributed by atoms with van der Waals surface area (Å²) in [6, 6.07) is 46.9. The minimum atomic E-state index is -0.0398. The van der Waals surface area contributed by atoms with Crippen molar-refractivity contribution in [2.45, 2.75) is 27.2 Å². The lowest BCUT2D eigenvalue weighted by atomic mass is 9.82. The van der Waals surface area contributed by atoms with Crippen LogP contribution in [0.1, 0.15) is 58.1 Å². The summed E-state index contributed by atoms with van der Waals surface area (Å²) in [6.45, 7) is 6.46. The molecular formula is C48H39N3O. The average molecular weight is 674 g/mol. The maximum absolute atomic E-state index is 14.5. The van der Waals surface area contributed by atoms with Crippen molar-refractivity contribution in [3.05, 3.63) is 212 Å². The maximum atomic E-state index is 14.5. The lowest BCUT2D eigenvalue weighted by Gasteiger charge is -2.21. The van der Waals surface area contributed by atoms with Crippen LogP contribution in [0.15, 0.2) is 162 Å². The molecule has 2 N–H and O–H groups in total. The number of Topliss-reactive ketones (excluding diaryl/α,β-unsaturated/α-hetero) is 1. The number of H-pyrrole nitrogens is 2. The van der Waals surface area contributed by atoms with E-state index in [0.29, 0.717) is 6.42 Å². The molecule has 4 heteroatoms. The molecule has 1 fully saturated rings. The number of benzene rings is 4. The van der Waals surface area contributed by atoms with Crippen LogP contribution in [0.3, 0.4) is 0 Å². The molecule has 4 nitrogen and oxygen atoms in total. The van der Waals surface area contributed by atoms with Gasteiger partial charge in [-0.05, 0) is 84.0 Å². The third-order valence-corrected chi connectivity index (χ3v) is 10.9. The molecule has 4 aromatic carbocycles. The highest BCUT2D eigenvalue weighted by molar-refractivity contribution is 6.30. The molecule has 2 unspecified atom stereocenters. The molecule has 0 saturated heterocycles. The standard InChI is InChI=1S/C48H39N3O/c1-29-14-18-34(19-15-29)46-38-23-22-37(49-38)45(32-10-6-4-7-11-32)36-28-43(52)44(31(36)3)48(33-12-8-5-9-13-33)42-27-26-41(51-42)47(40-25-24-39(46)50-40)35-20-16-30(2)17-21-35/h4-27,31,36,49,51H,28H2,1-3H3/b45-37?,46-38?,47-40-,48-44+. The normalized spacial score (nSPS) is 21.2. The molecule has 1 aliphatic carbocycles. The Balaban J connectivity index is 1.41. The van der Waals surface area contributed by atoms with E-state index in [1.807, 2.05) is 6.07 Å². The van der Waals surface area contributed by atoms with Crippen LogP contribution < -0.4 is 10.7 Å². The van der Waals surface area contributed by atoms with Crippen molar-refractivity contribution >= 4 is 33.8 Å². The first kappa shape index (κ1) is 31.7. The van der Waals surface area contributed by atoms with Gasteiger partial charge in [-0.3, -0.25) is 4.79 Å². The lowest BCUT2D eigenvalue weighted by molar-refractivity contribution is -0.114. The Labute approximate surface area is 304 Å². The van der Waals surface area contributed by atoms with Gasteiger partial charge in [0.2, 0.25) is 0 Å². The molecular weight excluding hydrogens is 635 g/mol. The third kappa shape index (κ3) is 5.48. The zero-order chi connectivity index (χ0) is 35.3. The average Bonchev–Trinajstić information content (AvgIpc) is 3.99. The van der Waals surface area contributed by atoms with E-state index in [0.717, 1.165) is 83.6 Å². The van der Waals surface area contributed by atoms with Crippen LogP contribution in [0, 0.1) is 25.7 Å². The summed E-state index contributed by atoms with van der Waals surface area (Å²) in [4.78, 5) is 27.6. The Morgan fingerprint density at radius 1 is 0.538 bits per heavy atom. The van der Waals surface area contributed by atoms with Gasteiger partial charge in [0.25, 0.3) is 0 Å². The summed E-state index contributed by atoms with van der Waals surface area (Å²) in [7, 11) is 0. The van der Waals surface area contributed by atoms with Gasteiger partial charge < -0.3 is 9.97 Å².